The zero-order valence-electron chi connectivity index (χ0n) is 13.0. The molecule has 1 fully saturated rings. The molecule has 1 heterocycles. The van der Waals surface area contributed by atoms with E-state index in [0.29, 0.717) is 0 Å². The fourth-order valence-corrected chi connectivity index (χ4v) is 2.71. The highest BCUT2D eigenvalue weighted by molar-refractivity contribution is 5.55. The van der Waals surface area contributed by atoms with Gasteiger partial charge in [0.25, 0.3) is 0 Å². The number of hydrogen-bond acceptors (Lipinski definition) is 4. The second kappa shape index (κ2) is 7.07. The van der Waals surface area contributed by atoms with E-state index >= 15 is 0 Å². The Labute approximate surface area is 123 Å². The fraction of sp³-hybridized carbons (Fsp3) is 0.625. The number of anilines is 1. The maximum atomic E-state index is 6.09. The SMILES string of the molecule is C[C@@H](N)c1ccccc1N1CCN(CCN(C)C)CC1. The van der Waals surface area contributed by atoms with Gasteiger partial charge in [-0.1, -0.05) is 18.2 Å². The second-order valence-corrected chi connectivity index (χ2v) is 5.98. The molecule has 1 aliphatic rings. The highest BCUT2D eigenvalue weighted by Gasteiger charge is 2.19. The summed E-state index contributed by atoms with van der Waals surface area (Å²) < 4.78 is 0. The summed E-state index contributed by atoms with van der Waals surface area (Å²) in [6, 6.07) is 8.64. The van der Waals surface area contributed by atoms with Crippen LogP contribution in [-0.2, 0) is 0 Å². The number of para-hydroxylation sites is 1. The summed E-state index contributed by atoms with van der Waals surface area (Å²) >= 11 is 0. The third-order valence-electron chi connectivity index (χ3n) is 4.00. The Bertz CT molecular complexity index is 409. The van der Waals surface area contributed by atoms with Crippen LogP contribution in [0.3, 0.4) is 0 Å². The van der Waals surface area contributed by atoms with Gasteiger partial charge in [0.05, 0.1) is 0 Å². The van der Waals surface area contributed by atoms with Crippen molar-refractivity contribution in [1.82, 2.24) is 9.80 Å². The molecular weight excluding hydrogens is 248 g/mol. The number of piperazine rings is 1. The van der Waals surface area contributed by atoms with Crippen LogP contribution >= 0.6 is 0 Å². The molecule has 0 unspecified atom stereocenters. The minimum atomic E-state index is 0.0953. The second-order valence-electron chi connectivity index (χ2n) is 5.98. The Morgan fingerprint density at radius 2 is 1.80 bits per heavy atom. The molecule has 1 saturated heterocycles. The van der Waals surface area contributed by atoms with Crippen molar-refractivity contribution in [3.05, 3.63) is 29.8 Å². The fourth-order valence-electron chi connectivity index (χ4n) is 2.71. The first kappa shape index (κ1) is 15.3. The lowest BCUT2D eigenvalue weighted by Crippen LogP contribution is -2.48. The van der Waals surface area contributed by atoms with E-state index < -0.39 is 0 Å². The van der Waals surface area contributed by atoms with Crippen LogP contribution in [0.4, 0.5) is 5.69 Å². The van der Waals surface area contributed by atoms with Gasteiger partial charge in [0.2, 0.25) is 0 Å². The molecule has 1 aromatic carbocycles. The van der Waals surface area contributed by atoms with E-state index in [-0.39, 0.29) is 6.04 Å². The number of nitrogens with zero attached hydrogens (tertiary/aromatic N) is 3. The van der Waals surface area contributed by atoms with Gasteiger partial charge in [-0.2, -0.15) is 0 Å². The summed E-state index contributed by atoms with van der Waals surface area (Å²) in [5, 5.41) is 0. The van der Waals surface area contributed by atoms with E-state index in [9.17, 15) is 0 Å². The van der Waals surface area contributed by atoms with Gasteiger partial charge in [0.15, 0.2) is 0 Å². The Balaban J connectivity index is 1.94. The lowest BCUT2D eigenvalue weighted by molar-refractivity contribution is 0.229. The van der Waals surface area contributed by atoms with E-state index in [0.717, 1.165) is 39.3 Å². The van der Waals surface area contributed by atoms with Crippen LogP contribution in [0, 0.1) is 0 Å². The van der Waals surface area contributed by atoms with E-state index in [4.69, 9.17) is 5.73 Å². The molecular formula is C16H28N4. The Morgan fingerprint density at radius 1 is 1.15 bits per heavy atom. The first-order valence-corrected chi connectivity index (χ1v) is 7.54. The molecule has 20 heavy (non-hydrogen) atoms. The number of nitrogens with two attached hydrogens (primary N) is 1. The van der Waals surface area contributed by atoms with Crippen LogP contribution in [0.1, 0.15) is 18.5 Å². The number of benzene rings is 1. The minimum Gasteiger partial charge on any atom is -0.369 e. The molecule has 0 aromatic heterocycles. The summed E-state index contributed by atoms with van der Waals surface area (Å²) in [4.78, 5) is 7.27. The molecule has 4 nitrogen and oxygen atoms in total. The predicted octanol–water partition coefficient (Wildman–Crippen LogP) is 1.39. The lowest BCUT2D eigenvalue weighted by atomic mass is 10.1. The van der Waals surface area contributed by atoms with Gasteiger partial charge >= 0.3 is 0 Å². The zero-order chi connectivity index (χ0) is 14.5. The summed E-state index contributed by atoms with van der Waals surface area (Å²) in [5.41, 5.74) is 8.66. The first-order chi connectivity index (χ1) is 9.58. The van der Waals surface area contributed by atoms with E-state index in [1.165, 1.54) is 11.3 Å². The van der Waals surface area contributed by atoms with Crippen molar-refractivity contribution in [1.29, 1.82) is 0 Å². The Kier molecular flexibility index (Phi) is 5.40. The molecule has 0 spiro atoms. The molecule has 0 bridgehead atoms. The zero-order valence-corrected chi connectivity index (χ0v) is 13.0. The van der Waals surface area contributed by atoms with Crippen LogP contribution in [-0.4, -0.2) is 63.2 Å². The standard InChI is InChI=1S/C16H28N4/c1-14(17)15-6-4-5-7-16(15)20-12-10-19(11-13-20)9-8-18(2)3/h4-7,14H,8-13,17H2,1-3H3/t14-/m1/s1. The molecule has 1 atom stereocenters. The highest BCUT2D eigenvalue weighted by atomic mass is 15.3. The Hall–Kier alpha value is -1.10. The van der Waals surface area contributed by atoms with Crippen LogP contribution in [0.15, 0.2) is 24.3 Å². The molecule has 112 valence electrons. The van der Waals surface area contributed by atoms with Crippen LogP contribution in [0.25, 0.3) is 0 Å². The van der Waals surface area contributed by atoms with Crippen molar-refractivity contribution in [2.45, 2.75) is 13.0 Å². The molecule has 0 aliphatic carbocycles. The number of likely N-dealkylation sites (N-methyl/N-ethyl adjacent to an activating group) is 1. The van der Waals surface area contributed by atoms with Crippen LogP contribution < -0.4 is 10.6 Å². The van der Waals surface area contributed by atoms with Gasteiger partial charge < -0.3 is 15.5 Å². The monoisotopic (exact) mass is 276 g/mol. The van der Waals surface area contributed by atoms with Gasteiger partial charge in [-0.3, -0.25) is 4.90 Å². The van der Waals surface area contributed by atoms with Crippen molar-refractivity contribution in [3.63, 3.8) is 0 Å². The minimum absolute atomic E-state index is 0.0953. The summed E-state index contributed by atoms with van der Waals surface area (Å²) in [5.74, 6) is 0. The van der Waals surface area contributed by atoms with Gasteiger partial charge in [-0.05, 0) is 32.6 Å². The number of hydrogen-bond donors (Lipinski definition) is 1. The molecule has 0 saturated carbocycles. The average molecular weight is 276 g/mol. The third-order valence-corrected chi connectivity index (χ3v) is 4.00. The third kappa shape index (κ3) is 3.95. The van der Waals surface area contributed by atoms with E-state index in [1.54, 1.807) is 0 Å². The summed E-state index contributed by atoms with van der Waals surface area (Å²) in [7, 11) is 4.27. The van der Waals surface area contributed by atoms with Gasteiger partial charge in [-0.25, -0.2) is 0 Å². The van der Waals surface area contributed by atoms with Crippen molar-refractivity contribution < 1.29 is 0 Å². The first-order valence-electron chi connectivity index (χ1n) is 7.54. The Morgan fingerprint density at radius 3 is 2.40 bits per heavy atom. The summed E-state index contributed by atoms with van der Waals surface area (Å²) in [6.45, 7) is 8.83. The van der Waals surface area contributed by atoms with Crippen molar-refractivity contribution in [2.24, 2.45) is 5.73 Å². The molecule has 2 N–H and O–H groups in total. The molecule has 0 amide bonds. The highest BCUT2D eigenvalue weighted by Crippen LogP contribution is 2.25. The number of rotatable bonds is 5. The van der Waals surface area contributed by atoms with Crippen LogP contribution in [0.5, 0.6) is 0 Å². The molecule has 1 aromatic rings. The molecule has 4 heteroatoms. The summed E-state index contributed by atoms with van der Waals surface area (Å²) in [6.07, 6.45) is 0. The van der Waals surface area contributed by atoms with Crippen molar-refractivity contribution >= 4 is 5.69 Å². The van der Waals surface area contributed by atoms with Crippen molar-refractivity contribution in [3.8, 4) is 0 Å². The predicted molar refractivity (Wildman–Crippen MR) is 86.3 cm³/mol. The lowest BCUT2D eigenvalue weighted by Gasteiger charge is -2.37. The van der Waals surface area contributed by atoms with E-state index in [2.05, 4.69) is 60.0 Å². The quantitative estimate of drug-likeness (QED) is 0.881. The van der Waals surface area contributed by atoms with Gasteiger partial charge in [0, 0.05) is 51.0 Å². The molecule has 2 rings (SSSR count). The van der Waals surface area contributed by atoms with E-state index in [1.807, 2.05) is 0 Å². The normalized spacial score (nSPS) is 18.6. The smallest absolute Gasteiger partial charge is 0.0415 e. The maximum absolute atomic E-state index is 6.09. The average Bonchev–Trinajstić information content (AvgIpc) is 2.45. The maximum Gasteiger partial charge on any atom is 0.0415 e. The topological polar surface area (TPSA) is 35.7 Å². The molecule has 0 radical (unpaired) electrons. The van der Waals surface area contributed by atoms with Crippen molar-refractivity contribution in [2.75, 3.05) is 58.3 Å². The van der Waals surface area contributed by atoms with Gasteiger partial charge in [-0.15, -0.1) is 0 Å². The largest absolute Gasteiger partial charge is 0.369 e. The van der Waals surface area contributed by atoms with Crippen LogP contribution in [0.2, 0.25) is 0 Å². The van der Waals surface area contributed by atoms with Gasteiger partial charge in [0.1, 0.15) is 0 Å². The molecule has 1 aliphatic heterocycles.